The predicted octanol–water partition coefficient (Wildman–Crippen LogP) is 1.47. The molecule has 0 aromatic heterocycles. The van der Waals surface area contributed by atoms with Gasteiger partial charge in [-0.2, -0.15) is 0 Å². The molecule has 5 atom stereocenters. The predicted molar refractivity (Wildman–Crippen MR) is 73.1 cm³/mol. The number of rotatable bonds is 1. The van der Waals surface area contributed by atoms with E-state index in [4.69, 9.17) is 14.2 Å². The molecular weight excluding hydrogens is 258 g/mol. The average molecular weight is 281 g/mol. The van der Waals surface area contributed by atoms with Gasteiger partial charge in [-0.1, -0.05) is 19.1 Å². The molecule has 112 valence electrons. The van der Waals surface area contributed by atoms with E-state index in [0.717, 1.165) is 6.42 Å². The maximum absolute atomic E-state index is 11.9. The SMILES string of the molecule is CC[C@H]1O[C@@H]2C=CCN(C(C)=O)[C@@H]2[C@H]2OC(C)(C)O[C@H]21. The van der Waals surface area contributed by atoms with Crippen LogP contribution in [0.5, 0.6) is 0 Å². The Bertz CT molecular complexity index is 434. The van der Waals surface area contributed by atoms with Gasteiger partial charge in [0.1, 0.15) is 12.2 Å². The van der Waals surface area contributed by atoms with Crippen LogP contribution in [0.4, 0.5) is 0 Å². The minimum absolute atomic E-state index is 0.0135. The Morgan fingerprint density at radius 3 is 2.70 bits per heavy atom. The third kappa shape index (κ3) is 2.18. The molecule has 5 nitrogen and oxygen atoms in total. The minimum Gasteiger partial charge on any atom is -0.366 e. The van der Waals surface area contributed by atoms with Crippen molar-refractivity contribution in [2.24, 2.45) is 0 Å². The average Bonchev–Trinajstić information content (AvgIpc) is 2.72. The van der Waals surface area contributed by atoms with Crippen LogP contribution in [0.25, 0.3) is 0 Å². The molecule has 0 aromatic carbocycles. The summed E-state index contributed by atoms with van der Waals surface area (Å²) in [6, 6.07) is -0.0907. The van der Waals surface area contributed by atoms with Gasteiger partial charge < -0.3 is 19.1 Å². The number of hydrogen-bond donors (Lipinski definition) is 0. The zero-order chi connectivity index (χ0) is 14.5. The monoisotopic (exact) mass is 281 g/mol. The van der Waals surface area contributed by atoms with Crippen molar-refractivity contribution in [2.45, 2.75) is 70.4 Å². The largest absolute Gasteiger partial charge is 0.366 e. The number of nitrogens with zero attached hydrogens (tertiary/aromatic N) is 1. The topological polar surface area (TPSA) is 48.0 Å². The standard InChI is InChI=1S/C15H23NO4/c1-5-10-13-14(20-15(3,4)19-13)12-11(18-10)7-6-8-16(12)9(2)17/h6-7,10-14H,5,8H2,1-4H3/t10-,11-,12+,13+,14-/m1/s1. The van der Waals surface area contributed by atoms with Crippen molar-refractivity contribution in [1.29, 1.82) is 0 Å². The first kappa shape index (κ1) is 14.0. The maximum atomic E-state index is 11.9. The second kappa shape index (κ2) is 4.83. The Kier molecular flexibility index (Phi) is 3.39. The fourth-order valence-electron chi connectivity index (χ4n) is 3.53. The Balaban J connectivity index is 1.94. The molecule has 0 radical (unpaired) electrons. The number of hydrogen-bond acceptors (Lipinski definition) is 4. The van der Waals surface area contributed by atoms with Crippen molar-refractivity contribution in [3.8, 4) is 0 Å². The zero-order valence-corrected chi connectivity index (χ0v) is 12.5. The van der Waals surface area contributed by atoms with Gasteiger partial charge in [-0.05, 0) is 20.3 Å². The van der Waals surface area contributed by atoms with Crippen LogP contribution in [-0.4, -0.2) is 53.6 Å². The van der Waals surface area contributed by atoms with Gasteiger partial charge in [0.15, 0.2) is 5.79 Å². The molecule has 2 fully saturated rings. The molecule has 0 aromatic rings. The van der Waals surface area contributed by atoms with E-state index in [9.17, 15) is 4.79 Å². The third-order valence-corrected chi connectivity index (χ3v) is 4.33. The fourth-order valence-corrected chi connectivity index (χ4v) is 3.53. The molecule has 0 spiro atoms. The Labute approximate surface area is 119 Å². The van der Waals surface area contributed by atoms with Crippen LogP contribution < -0.4 is 0 Å². The summed E-state index contributed by atoms with van der Waals surface area (Å²) in [7, 11) is 0. The maximum Gasteiger partial charge on any atom is 0.220 e. The van der Waals surface area contributed by atoms with Crippen LogP contribution >= 0.6 is 0 Å². The highest BCUT2D eigenvalue weighted by atomic mass is 16.8. The number of carbonyl (C=O) groups is 1. The van der Waals surface area contributed by atoms with Crippen molar-refractivity contribution in [3.63, 3.8) is 0 Å². The van der Waals surface area contributed by atoms with Crippen molar-refractivity contribution in [1.82, 2.24) is 4.90 Å². The molecule has 5 heteroatoms. The summed E-state index contributed by atoms with van der Waals surface area (Å²) in [5.74, 6) is -0.570. The van der Waals surface area contributed by atoms with Crippen LogP contribution in [-0.2, 0) is 19.0 Å². The molecule has 0 aliphatic carbocycles. The van der Waals surface area contributed by atoms with Gasteiger partial charge in [0.2, 0.25) is 5.91 Å². The Morgan fingerprint density at radius 1 is 1.35 bits per heavy atom. The van der Waals surface area contributed by atoms with Gasteiger partial charge in [-0.25, -0.2) is 0 Å². The summed E-state index contributed by atoms with van der Waals surface area (Å²) in [4.78, 5) is 13.7. The van der Waals surface area contributed by atoms with Crippen molar-refractivity contribution in [2.75, 3.05) is 6.54 Å². The molecule has 0 bridgehead atoms. The molecule has 20 heavy (non-hydrogen) atoms. The van der Waals surface area contributed by atoms with Gasteiger partial charge in [0.25, 0.3) is 0 Å². The van der Waals surface area contributed by atoms with Crippen molar-refractivity contribution < 1.29 is 19.0 Å². The molecule has 0 unspecified atom stereocenters. The summed E-state index contributed by atoms with van der Waals surface area (Å²) in [6.45, 7) is 8.14. The minimum atomic E-state index is -0.620. The smallest absolute Gasteiger partial charge is 0.220 e. The normalized spacial score (nSPS) is 42.2. The summed E-state index contributed by atoms with van der Waals surface area (Å²) >= 11 is 0. The Hall–Kier alpha value is -0.910. The fraction of sp³-hybridized carbons (Fsp3) is 0.800. The lowest BCUT2D eigenvalue weighted by atomic mass is 9.88. The summed E-state index contributed by atoms with van der Waals surface area (Å²) < 4.78 is 18.3. The molecule has 3 aliphatic heterocycles. The highest BCUT2D eigenvalue weighted by Crippen LogP contribution is 2.41. The molecule has 0 N–H and O–H groups in total. The van der Waals surface area contributed by atoms with E-state index < -0.39 is 5.79 Å². The zero-order valence-electron chi connectivity index (χ0n) is 12.5. The molecule has 3 heterocycles. The van der Waals surface area contributed by atoms with Crippen molar-refractivity contribution in [3.05, 3.63) is 12.2 Å². The van der Waals surface area contributed by atoms with Gasteiger partial charge in [-0.3, -0.25) is 4.79 Å². The van der Waals surface area contributed by atoms with Gasteiger partial charge in [0.05, 0.1) is 18.2 Å². The van der Waals surface area contributed by atoms with E-state index in [2.05, 4.69) is 13.0 Å². The van der Waals surface area contributed by atoms with Crippen LogP contribution in [0.15, 0.2) is 12.2 Å². The summed E-state index contributed by atoms with van der Waals surface area (Å²) in [5, 5.41) is 0. The van der Waals surface area contributed by atoms with Crippen molar-refractivity contribution >= 4 is 5.91 Å². The first-order chi connectivity index (χ1) is 9.43. The summed E-state index contributed by atoms with van der Waals surface area (Å²) in [5.41, 5.74) is 0. The molecule has 3 aliphatic rings. The van der Waals surface area contributed by atoms with E-state index in [1.807, 2.05) is 24.8 Å². The van der Waals surface area contributed by atoms with Gasteiger partial charge >= 0.3 is 0 Å². The quantitative estimate of drug-likeness (QED) is 0.683. The lowest BCUT2D eigenvalue weighted by Gasteiger charge is -2.47. The summed E-state index contributed by atoms with van der Waals surface area (Å²) in [6.07, 6.45) is 4.61. The lowest BCUT2D eigenvalue weighted by Crippen LogP contribution is -2.64. The number of amides is 1. The van der Waals surface area contributed by atoms with Crippen LogP contribution in [0, 0.1) is 0 Å². The van der Waals surface area contributed by atoms with E-state index in [1.165, 1.54) is 0 Å². The second-order valence-corrected chi connectivity index (χ2v) is 6.20. The molecule has 0 saturated carbocycles. The highest BCUT2D eigenvalue weighted by molar-refractivity contribution is 5.74. The first-order valence-corrected chi connectivity index (χ1v) is 7.38. The van der Waals surface area contributed by atoms with Crippen LogP contribution in [0.3, 0.4) is 0 Å². The van der Waals surface area contributed by atoms with Crippen LogP contribution in [0.2, 0.25) is 0 Å². The second-order valence-electron chi connectivity index (χ2n) is 6.20. The third-order valence-electron chi connectivity index (χ3n) is 4.33. The van der Waals surface area contributed by atoms with Gasteiger partial charge in [-0.15, -0.1) is 0 Å². The molecule has 3 rings (SSSR count). The molecular formula is C15H23NO4. The van der Waals surface area contributed by atoms with E-state index in [-0.39, 0.29) is 36.4 Å². The van der Waals surface area contributed by atoms with Gasteiger partial charge in [0, 0.05) is 13.5 Å². The number of fused-ring (bicyclic) bond motifs is 3. The van der Waals surface area contributed by atoms with E-state index in [0.29, 0.717) is 6.54 Å². The molecule has 2 saturated heterocycles. The highest BCUT2D eigenvalue weighted by Gasteiger charge is 2.56. The lowest BCUT2D eigenvalue weighted by molar-refractivity contribution is -0.167. The number of ether oxygens (including phenoxy) is 3. The van der Waals surface area contributed by atoms with E-state index >= 15 is 0 Å². The number of carbonyl (C=O) groups excluding carboxylic acids is 1. The molecule has 1 amide bonds. The van der Waals surface area contributed by atoms with E-state index in [1.54, 1.807) is 6.92 Å². The first-order valence-electron chi connectivity index (χ1n) is 7.38. The Morgan fingerprint density at radius 2 is 2.05 bits per heavy atom. The van der Waals surface area contributed by atoms with Crippen LogP contribution in [0.1, 0.15) is 34.1 Å².